The van der Waals surface area contributed by atoms with Crippen LogP contribution in [0, 0.1) is 11.8 Å². The summed E-state index contributed by atoms with van der Waals surface area (Å²) in [4.78, 5) is 0. The van der Waals surface area contributed by atoms with Crippen LogP contribution in [0.1, 0.15) is 33.1 Å². The number of hydrogen-bond acceptors (Lipinski definition) is 1. The molecule has 3 rings (SSSR count). The van der Waals surface area contributed by atoms with Gasteiger partial charge in [-0.3, -0.25) is 0 Å². The first-order valence-corrected chi connectivity index (χ1v) is 10.5. The van der Waals surface area contributed by atoms with Crippen LogP contribution in [0.4, 0.5) is 0 Å². The van der Waals surface area contributed by atoms with Gasteiger partial charge < -0.3 is 5.11 Å². The van der Waals surface area contributed by atoms with Crippen molar-refractivity contribution in [1.29, 1.82) is 0 Å². The summed E-state index contributed by atoms with van der Waals surface area (Å²) in [5, 5.41) is 13.9. The van der Waals surface area contributed by atoms with Crippen LogP contribution >= 0.6 is 7.92 Å². The minimum Gasteiger partial charge on any atom is -0.399 e. The fraction of sp³-hybridized carbons (Fsp3) is 0.429. The molecule has 24 heavy (non-hydrogen) atoms. The van der Waals surface area contributed by atoms with E-state index in [1.54, 1.807) is 0 Å². The largest absolute Gasteiger partial charge is 0.399 e. The smallest absolute Gasteiger partial charge is 0.143 e. The minimum absolute atomic E-state index is 0.379. The minimum atomic E-state index is -0.529. The van der Waals surface area contributed by atoms with E-state index in [9.17, 15) is 5.11 Å². The second-order valence-corrected chi connectivity index (χ2v) is 10.0. The molecule has 0 radical (unpaired) electrons. The zero-order chi connectivity index (χ0) is 17.2. The Hall–Kier alpha value is -1.11. The molecule has 0 amide bonds. The lowest BCUT2D eigenvalue weighted by Crippen LogP contribution is -2.44. The highest BCUT2D eigenvalue weighted by molar-refractivity contribution is 7.73. The Kier molecular flexibility index (Phi) is 5.47. The average Bonchev–Trinajstić information content (AvgIpc) is 2.92. The highest BCUT2D eigenvalue weighted by atomic mass is 31.1. The Bertz CT molecular complexity index is 602. The third-order valence-corrected chi connectivity index (χ3v) is 8.72. The fourth-order valence-corrected chi connectivity index (χ4v) is 7.73. The van der Waals surface area contributed by atoms with Gasteiger partial charge in [0.15, 0.2) is 0 Å². The van der Waals surface area contributed by atoms with Crippen molar-refractivity contribution >= 4 is 26.4 Å². The van der Waals surface area contributed by atoms with E-state index in [2.05, 4.69) is 82.4 Å². The molecule has 0 unspecified atom stereocenters. The van der Waals surface area contributed by atoms with Crippen molar-refractivity contribution in [3.63, 3.8) is 0 Å². The van der Waals surface area contributed by atoms with Crippen molar-refractivity contribution in [2.75, 3.05) is 0 Å². The molecular formula is C21H28BOP. The van der Waals surface area contributed by atoms with Gasteiger partial charge in [-0.25, -0.2) is 0 Å². The van der Waals surface area contributed by atoms with Crippen molar-refractivity contribution in [2.45, 2.75) is 44.3 Å². The van der Waals surface area contributed by atoms with E-state index in [-0.39, 0.29) is 0 Å². The number of rotatable bonds is 5. The molecule has 1 saturated carbocycles. The molecule has 0 saturated heterocycles. The van der Waals surface area contributed by atoms with E-state index < -0.39 is 13.4 Å². The second-order valence-electron chi connectivity index (χ2n) is 7.63. The van der Waals surface area contributed by atoms with Crippen molar-refractivity contribution in [3.8, 4) is 0 Å². The van der Waals surface area contributed by atoms with Crippen LogP contribution in [0.25, 0.3) is 0 Å². The predicted octanol–water partition coefficient (Wildman–Crippen LogP) is 3.27. The first kappa shape index (κ1) is 17.7. The van der Waals surface area contributed by atoms with Crippen LogP contribution in [0.2, 0.25) is 0 Å². The Morgan fingerprint density at radius 1 is 1.00 bits per heavy atom. The van der Waals surface area contributed by atoms with Gasteiger partial charge in [0.1, 0.15) is 7.85 Å². The van der Waals surface area contributed by atoms with Gasteiger partial charge in [-0.2, -0.15) is 0 Å². The van der Waals surface area contributed by atoms with Crippen LogP contribution in [0.5, 0.6) is 0 Å². The van der Waals surface area contributed by atoms with Crippen LogP contribution in [0.3, 0.4) is 0 Å². The third-order valence-electron chi connectivity index (χ3n) is 5.46. The summed E-state index contributed by atoms with van der Waals surface area (Å²) in [6.45, 7) is 4.67. The van der Waals surface area contributed by atoms with Gasteiger partial charge >= 0.3 is 0 Å². The topological polar surface area (TPSA) is 20.2 Å². The standard InChI is InChI=1S/C21H28BOP/c1-16(2)20(19-14-9-15-21(19,22)23)24(17-10-5-3-6-11-17)18-12-7-4-8-13-18/h3-8,10-13,16,19-20,23H,9,14-15,22H2,1-2H3/t19-,20+,21-/m1/s1. The van der Waals surface area contributed by atoms with Gasteiger partial charge in [0.05, 0.1) is 0 Å². The molecule has 1 fully saturated rings. The molecule has 2 aromatic carbocycles. The summed E-state index contributed by atoms with van der Waals surface area (Å²) in [6, 6.07) is 21.9. The van der Waals surface area contributed by atoms with E-state index in [0.29, 0.717) is 17.5 Å². The Morgan fingerprint density at radius 3 is 1.88 bits per heavy atom. The lowest BCUT2D eigenvalue weighted by Gasteiger charge is -2.41. The normalized spacial score (nSPS) is 25.3. The summed E-state index contributed by atoms with van der Waals surface area (Å²) in [5.41, 5.74) is -0.0266. The van der Waals surface area contributed by atoms with E-state index in [4.69, 9.17) is 0 Å². The van der Waals surface area contributed by atoms with Gasteiger partial charge in [-0.1, -0.05) is 80.9 Å². The van der Waals surface area contributed by atoms with Crippen molar-refractivity contribution < 1.29 is 5.11 Å². The maximum Gasteiger partial charge on any atom is 0.143 e. The van der Waals surface area contributed by atoms with Gasteiger partial charge in [-0.05, 0) is 48.9 Å². The lowest BCUT2D eigenvalue weighted by molar-refractivity contribution is 0.0789. The maximum atomic E-state index is 11.0. The summed E-state index contributed by atoms with van der Waals surface area (Å²) in [6.07, 6.45) is 3.23. The molecule has 0 spiro atoms. The van der Waals surface area contributed by atoms with E-state index in [1.807, 2.05) is 0 Å². The summed E-state index contributed by atoms with van der Waals surface area (Å²) < 4.78 is 0. The average molecular weight is 338 g/mol. The van der Waals surface area contributed by atoms with Crippen molar-refractivity contribution in [3.05, 3.63) is 60.7 Å². The van der Waals surface area contributed by atoms with E-state index in [1.165, 1.54) is 10.6 Å². The van der Waals surface area contributed by atoms with Gasteiger partial charge in [0.2, 0.25) is 0 Å². The molecule has 3 heteroatoms. The molecule has 1 N–H and O–H groups in total. The lowest BCUT2D eigenvalue weighted by atomic mass is 9.70. The molecule has 0 aliphatic heterocycles. The maximum absolute atomic E-state index is 11.0. The van der Waals surface area contributed by atoms with E-state index in [0.717, 1.165) is 19.3 Å². The molecule has 1 aliphatic rings. The number of aliphatic hydroxyl groups is 1. The molecule has 2 aromatic rings. The first-order chi connectivity index (χ1) is 11.5. The zero-order valence-corrected chi connectivity index (χ0v) is 15.9. The molecule has 3 atom stereocenters. The van der Waals surface area contributed by atoms with Gasteiger partial charge in [-0.15, -0.1) is 0 Å². The van der Waals surface area contributed by atoms with Gasteiger partial charge in [0.25, 0.3) is 0 Å². The van der Waals surface area contributed by atoms with Crippen LogP contribution in [0.15, 0.2) is 60.7 Å². The predicted molar refractivity (Wildman–Crippen MR) is 109 cm³/mol. The first-order valence-electron chi connectivity index (χ1n) is 9.12. The molecular weight excluding hydrogens is 310 g/mol. The highest BCUT2D eigenvalue weighted by Gasteiger charge is 2.45. The monoisotopic (exact) mass is 338 g/mol. The van der Waals surface area contributed by atoms with Crippen LogP contribution in [-0.2, 0) is 0 Å². The molecule has 0 heterocycles. The van der Waals surface area contributed by atoms with Crippen LogP contribution in [-0.4, -0.2) is 24.1 Å². The SMILES string of the molecule is B[C@@]1(O)CCC[C@@H]1[C@H](C(C)C)P(c1ccccc1)c1ccccc1. The Morgan fingerprint density at radius 2 is 1.50 bits per heavy atom. The molecule has 0 bridgehead atoms. The quantitative estimate of drug-likeness (QED) is 0.655. The van der Waals surface area contributed by atoms with Crippen molar-refractivity contribution in [1.82, 2.24) is 0 Å². The third kappa shape index (κ3) is 3.61. The summed E-state index contributed by atoms with van der Waals surface area (Å²) >= 11 is 0. The fourth-order valence-electron chi connectivity index (χ4n) is 4.33. The van der Waals surface area contributed by atoms with Crippen LogP contribution < -0.4 is 10.6 Å². The summed E-state index contributed by atoms with van der Waals surface area (Å²) in [5.74, 6) is 0.926. The molecule has 126 valence electrons. The van der Waals surface area contributed by atoms with Gasteiger partial charge in [0, 0.05) is 5.50 Å². The molecule has 1 nitrogen and oxygen atoms in total. The Balaban J connectivity index is 2.08. The highest BCUT2D eigenvalue weighted by Crippen LogP contribution is 2.52. The van der Waals surface area contributed by atoms with E-state index >= 15 is 0 Å². The molecule has 0 aromatic heterocycles. The second kappa shape index (κ2) is 7.42. The number of hydrogen-bond donors (Lipinski definition) is 1. The summed E-state index contributed by atoms with van der Waals surface area (Å²) in [7, 11) is 1.58. The molecule has 1 aliphatic carbocycles. The Labute approximate surface area is 148 Å². The zero-order valence-electron chi connectivity index (χ0n) is 15.0. The number of benzene rings is 2. The van der Waals surface area contributed by atoms with Crippen molar-refractivity contribution in [2.24, 2.45) is 11.8 Å².